The summed E-state index contributed by atoms with van der Waals surface area (Å²) in [5.74, 6) is 0.129. The molecule has 156 valence electrons. The standard InChI is InChI=1S/C21H29N5O2S/c1-2-13-25(21(29)23-16-11-7-4-8-12-16)17-18(22)26(20(28)24-19(17)27)14-15-9-5-3-6-10-15/h3,5-6,9-10,16H,2,4,7-8,11-14,22H2,1H3,(H,23,29)(H,24,27,28). The van der Waals surface area contributed by atoms with Crippen LogP contribution in [0.25, 0.3) is 0 Å². The lowest BCUT2D eigenvalue weighted by Gasteiger charge is -2.31. The van der Waals surface area contributed by atoms with Crippen LogP contribution in [0.3, 0.4) is 0 Å². The number of hydrogen-bond acceptors (Lipinski definition) is 4. The van der Waals surface area contributed by atoms with Crippen LogP contribution in [0.2, 0.25) is 0 Å². The third kappa shape index (κ3) is 5.06. The summed E-state index contributed by atoms with van der Waals surface area (Å²) in [6, 6.07) is 9.84. The number of hydrogen-bond donors (Lipinski definition) is 3. The van der Waals surface area contributed by atoms with Crippen molar-refractivity contribution >= 4 is 28.8 Å². The van der Waals surface area contributed by atoms with Gasteiger partial charge in [0.05, 0.1) is 6.54 Å². The molecule has 0 atom stereocenters. The molecule has 1 heterocycles. The molecule has 1 aliphatic carbocycles. The fraction of sp³-hybridized carbons (Fsp3) is 0.476. The molecule has 1 fully saturated rings. The molecule has 1 aromatic carbocycles. The van der Waals surface area contributed by atoms with E-state index in [2.05, 4.69) is 10.3 Å². The molecular formula is C21H29N5O2S. The average Bonchev–Trinajstić information content (AvgIpc) is 2.72. The first-order valence-corrected chi connectivity index (χ1v) is 10.7. The zero-order valence-corrected chi connectivity index (χ0v) is 17.6. The van der Waals surface area contributed by atoms with Crippen LogP contribution in [0.4, 0.5) is 11.5 Å². The molecule has 4 N–H and O–H groups in total. The van der Waals surface area contributed by atoms with Crippen LogP contribution in [-0.2, 0) is 6.54 Å². The fourth-order valence-corrected chi connectivity index (χ4v) is 4.15. The van der Waals surface area contributed by atoms with Crippen molar-refractivity contribution in [3.63, 3.8) is 0 Å². The van der Waals surface area contributed by atoms with Gasteiger partial charge < -0.3 is 16.0 Å². The maximum absolute atomic E-state index is 12.7. The number of H-pyrrole nitrogens is 1. The lowest BCUT2D eigenvalue weighted by molar-refractivity contribution is 0.413. The maximum Gasteiger partial charge on any atom is 0.330 e. The van der Waals surface area contributed by atoms with Gasteiger partial charge in [0.2, 0.25) is 0 Å². The normalized spacial score (nSPS) is 14.5. The van der Waals surface area contributed by atoms with E-state index in [0.717, 1.165) is 24.8 Å². The van der Waals surface area contributed by atoms with Crippen LogP contribution in [0.5, 0.6) is 0 Å². The van der Waals surface area contributed by atoms with E-state index in [9.17, 15) is 9.59 Å². The monoisotopic (exact) mass is 415 g/mol. The molecule has 1 aromatic heterocycles. The highest BCUT2D eigenvalue weighted by Crippen LogP contribution is 2.21. The van der Waals surface area contributed by atoms with Crippen LogP contribution < -0.4 is 27.2 Å². The first-order valence-electron chi connectivity index (χ1n) is 10.3. The first kappa shape index (κ1) is 21.1. The van der Waals surface area contributed by atoms with E-state index in [1.807, 2.05) is 37.3 Å². The smallest absolute Gasteiger partial charge is 0.330 e. The third-order valence-corrected chi connectivity index (χ3v) is 5.63. The molecule has 0 spiro atoms. The molecule has 0 unspecified atom stereocenters. The Morgan fingerprint density at radius 1 is 1.24 bits per heavy atom. The van der Waals surface area contributed by atoms with Crippen LogP contribution in [-0.4, -0.2) is 27.3 Å². The molecule has 1 saturated carbocycles. The zero-order chi connectivity index (χ0) is 20.8. The van der Waals surface area contributed by atoms with E-state index in [0.29, 0.717) is 17.7 Å². The predicted molar refractivity (Wildman–Crippen MR) is 122 cm³/mol. The molecule has 0 saturated heterocycles. The summed E-state index contributed by atoms with van der Waals surface area (Å²) < 4.78 is 1.39. The Labute approximate surface area is 175 Å². The van der Waals surface area contributed by atoms with Gasteiger partial charge in [0.25, 0.3) is 5.56 Å². The molecule has 0 aliphatic heterocycles. The SMILES string of the molecule is CCCN(C(=S)NC1CCCCC1)c1c(N)n(Cc2ccccc2)c(=O)[nH]c1=O. The highest BCUT2D eigenvalue weighted by Gasteiger charge is 2.24. The van der Waals surface area contributed by atoms with E-state index in [4.69, 9.17) is 18.0 Å². The number of benzene rings is 1. The van der Waals surface area contributed by atoms with E-state index >= 15 is 0 Å². The number of thiocarbonyl (C=S) groups is 1. The third-order valence-electron chi connectivity index (χ3n) is 5.29. The fourth-order valence-electron chi connectivity index (χ4n) is 3.80. The molecule has 8 heteroatoms. The Morgan fingerprint density at radius 3 is 2.59 bits per heavy atom. The minimum Gasteiger partial charge on any atom is -0.383 e. The van der Waals surface area contributed by atoms with Crippen LogP contribution in [0.1, 0.15) is 51.0 Å². The van der Waals surface area contributed by atoms with E-state index in [1.165, 1.54) is 23.8 Å². The second-order valence-corrected chi connectivity index (χ2v) is 7.89. The quantitative estimate of drug-likeness (QED) is 0.628. The molecular weight excluding hydrogens is 386 g/mol. The van der Waals surface area contributed by atoms with Crippen molar-refractivity contribution in [3.05, 3.63) is 56.7 Å². The zero-order valence-electron chi connectivity index (χ0n) is 16.8. The molecule has 0 radical (unpaired) electrons. The van der Waals surface area contributed by atoms with Gasteiger partial charge in [0, 0.05) is 12.6 Å². The largest absolute Gasteiger partial charge is 0.383 e. The Morgan fingerprint density at radius 2 is 1.93 bits per heavy atom. The topological polar surface area (TPSA) is 96.2 Å². The molecule has 1 aliphatic rings. The molecule has 29 heavy (non-hydrogen) atoms. The minimum absolute atomic E-state index is 0.129. The summed E-state index contributed by atoms with van der Waals surface area (Å²) in [4.78, 5) is 29.3. The summed E-state index contributed by atoms with van der Waals surface area (Å²) >= 11 is 5.65. The van der Waals surface area contributed by atoms with Crippen molar-refractivity contribution in [2.24, 2.45) is 0 Å². The van der Waals surface area contributed by atoms with Crippen LogP contribution in [0.15, 0.2) is 39.9 Å². The molecule has 3 rings (SSSR count). The molecule has 0 bridgehead atoms. The van der Waals surface area contributed by atoms with Gasteiger partial charge in [-0.2, -0.15) is 0 Å². The van der Waals surface area contributed by atoms with Crippen molar-refractivity contribution in [1.82, 2.24) is 14.9 Å². The van der Waals surface area contributed by atoms with Crippen molar-refractivity contribution in [1.29, 1.82) is 0 Å². The van der Waals surface area contributed by atoms with Crippen molar-refractivity contribution in [3.8, 4) is 0 Å². The summed E-state index contributed by atoms with van der Waals surface area (Å²) in [5.41, 5.74) is 6.46. The predicted octanol–water partition coefficient (Wildman–Crippen LogP) is 2.59. The van der Waals surface area contributed by atoms with E-state index in [1.54, 1.807) is 4.90 Å². The summed E-state index contributed by atoms with van der Waals surface area (Å²) in [5, 5.41) is 3.89. The number of aromatic amines is 1. The Kier molecular flexibility index (Phi) is 7.09. The van der Waals surface area contributed by atoms with E-state index in [-0.39, 0.29) is 18.1 Å². The number of nitrogens with two attached hydrogens (primary N) is 1. The highest BCUT2D eigenvalue weighted by atomic mass is 32.1. The summed E-state index contributed by atoms with van der Waals surface area (Å²) in [6.45, 7) is 2.83. The van der Waals surface area contributed by atoms with E-state index < -0.39 is 11.2 Å². The molecule has 7 nitrogen and oxygen atoms in total. The van der Waals surface area contributed by atoms with Gasteiger partial charge in [-0.05, 0) is 37.0 Å². The Balaban J connectivity index is 1.94. The van der Waals surface area contributed by atoms with Gasteiger partial charge in [0.1, 0.15) is 5.82 Å². The number of anilines is 2. The van der Waals surface area contributed by atoms with Gasteiger partial charge in [-0.15, -0.1) is 0 Å². The van der Waals surface area contributed by atoms with Gasteiger partial charge in [-0.1, -0.05) is 56.5 Å². The molecule has 0 amide bonds. The summed E-state index contributed by atoms with van der Waals surface area (Å²) in [6.07, 6.45) is 6.53. The Hall–Kier alpha value is -2.61. The van der Waals surface area contributed by atoms with Crippen LogP contribution >= 0.6 is 12.2 Å². The number of nitrogens with one attached hydrogen (secondary N) is 2. The highest BCUT2D eigenvalue weighted by molar-refractivity contribution is 7.80. The lowest BCUT2D eigenvalue weighted by atomic mass is 9.96. The molecule has 2 aromatic rings. The lowest BCUT2D eigenvalue weighted by Crippen LogP contribution is -2.49. The first-order chi connectivity index (χ1) is 14.0. The second kappa shape index (κ2) is 9.73. The summed E-state index contributed by atoms with van der Waals surface area (Å²) in [7, 11) is 0. The van der Waals surface area contributed by atoms with Crippen LogP contribution in [0, 0.1) is 0 Å². The van der Waals surface area contributed by atoms with Crippen molar-refractivity contribution in [2.75, 3.05) is 17.2 Å². The van der Waals surface area contributed by atoms with Gasteiger partial charge in [-0.3, -0.25) is 14.3 Å². The number of nitrogen functional groups attached to an aromatic ring is 1. The second-order valence-electron chi connectivity index (χ2n) is 7.50. The minimum atomic E-state index is -0.525. The van der Waals surface area contributed by atoms with Crippen molar-refractivity contribution in [2.45, 2.75) is 58.0 Å². The van der Waals surface area contributed by atoms with Crippen molar-refractivity contribution < 1.29 is 0 Å². The van der Waals surface area contributed by atoms with Gasteiger partial charge in [0.15, 0.2) is 10.8 Å². The maximum atomic E-state index is 12.7. The number of rotatable bonds is 6. The number of nitrogens with zero attached hydrogens (tertiary/aromatic N) is 2. The number of aromatic nitrogens is 2. The Bertz CT molecular complexity index is 948. The van der Waals surface area contributed by atoms with Gasteiger partial charge in [-0.25, -0.2) is 4.79 Å². The van der Waals surface area contributed by atoms with Gasteiger partial charge >= 0.3 is 5.69 Å². The average molecular weight is 416 g/mol.